The minimum Gasteiger partial charge on any atom is -0.335 e. The maximum absolute atomic E-state index is 13.2. The molecule has 1 atom stereocenters. The largest absolute Gasteiger partial charge is 0.335 e. The van der Waals surface area contributed by atoms with Gasteiger partial charge in [-0.05, 0) is 39.0 Å². The lowest BCUT2D eigenvalue weighted by molar-refractivity contribution is -0.133. The van der Waals surface area contributed by atoms with Crippen LogP contribution in [0.3, 0.4) is 0 Å². The fourth-order valence-corrected chi connectivity index (χ4v) is 7.09. The van der Waals surface area contributed by atoms with Crippen LogP contribution in [0.5, 0.6) is 0 Å². The monoisotopic (exact) mass is 412 g/mol. The third-order valence-electron chi connectivity index (χ3n) is 5.93. The second kappa shape index (κ2) is 7.73. The highest BCUT2D eigenvalue weighted by Gasteiger charge is 2.38. The molecule has 0 unspecified atom stereocenters. The van der Waals surface area contributed by atoms with Crippen molar-refractivity contribution in [2.75, 3.05) is 17.3 Å². The van der Waals surface area contributed by atoms with E-state index < -0.39 is 9.84 Å². The average Bonchev–Trinajstić information content (AvgIpc) is 3.32. The van der Waals surface area contributed by atoms with Gasteiger partial charge in [0.15, 0.2) is 15.0 Å². The Morgan fingerprint density at radius 3 is 2.48 bits per heavy atom. The highest BCUT2D eigenvalue weighted by Crippen LogP contribution is 2.38. The summed E-state index contributed by atoms with van der Waals surface area (Å²) >= 11 is 1.44. The molecule has 1 aromatic heterocycles. The summed E-state index contributed by atoms with van der Waals surface area (Å²) in [4.78, 5) is 15.1. The fraction of sp³-hybridized carbons (Fsp3) is 0.833. The number of hydrogen-bond acceptors (Lipinski definition) is 6. The van der Waals surface area contributed by atoms with Crippen LogP contribution in [0.4, 0.5) is 0 Å². The van der Waals surface area contributed by atoms with Gasteiger partial charge in [0.2, 0.25) is 5.91 Å². The van der Waals surface area contributed by atoms with Gasteiger partial charge in [-0.1, -0.05) is 31.0 Å². The van der Waals surface area contributed by atoms with Gasteiger partial charge in [0.05, 0.1) is 17.3 Å². The van der Waals surface area contributed by atoms with Crippen LogP contribution >= 0.6 is 11.8 Å². The Hall–Kier alpha value is -1.09. The van der Waals surface area contributed by atoms with E-state index in [9.17, 15) is 13.2 Å². The van der Waals surface area contributed by atoms with Gasteiger partial charge in [0.25, 0.3) is 0 Å². The molecule has 1 aromatic rings. The van der Waals surface area contributed by atoms with Crippen molar-refractivity contribution >= 4 is 27.5 Å². The molecule has 1 aliphatic heterocycles. The predicted molar refractivity (Wildman–Crippen MR) is 105 cm³/mol. The van der Waals surface area contributed by atoms with Gasteiger partial charge in [-0.15, -0.1) is 10.2 Å². The predicted octanol–water partition coefficient (Wildman–Crippen LogP) is 2.36. The molecule has 3 fully saturated rings. The van der Waals surface area contributed by atoms with Crippen LogP contribution in [0.1, 0.15) is 63.2 Å². The molecule has 2 saturated carbocycles. The Bertz CT molecular complexity index is 798. The van der Waals surface area contributed by atoms with E-state index in [1.807, 2.05) is 11.8 Å². The second-order valence-corrected chi connectivity index (χ2v) is 11.2. The number of carbonyl (C=O) groups excluding carboxylic acids is 1. The Balaban J connectivity index is 1.47. The summed E-state index contributed by atoms with van der Waals surface area (Å²) in [6, 6.07) is 0.509. The van der Waals surface area contributed by atoms with Crippen LogP contribution < -0.4 is 0 Å². The van der Waals surface area contributed by atoms with Gasteiger partial charge in [0.1, 0.15) is 5.82 Å². The Morgan fingerprint density at radius 1 is 1.11 bits per heavy atom. The Morgan fingerprint density at radius 2 is 1.85 bits per heavy atom. The normalized spacial score (nSPS) is 25.6. The molecular weight excluding hydrogens is 384 g/mol. The Kier molecular flexibility index (Phi) is 5.51. The average molecular weight is 413 g/mol. The molecule has 1 saturated heterocycles. The number of nitrogens with zero attached hydrogens (tertiary/aromatic N) is 4. The van der Waals surface area contributed by atoms with Crippen molar-refractivity contribution in [3.05, 3.63) is 5.82 Å². The first kappa shape index (κ1) is 19.2. The maximum Gasteiger partial charge on any atom is 0.233 e. The zero-order chi connectivity index (χ0) is 19.0. The highest BCUT2D eigenvalue weighted by molar-refractivity contribution is 7.99. The van der Waals surface area contributed by atoms with E-state index in [-0.39, 0.29) is 29.5 Å². The molecule has 7 nitrogen and oxygen atoms in total. The van der Waals surface area contributed by atoms with E-state index in [2.05, 4.69) is 14.8 Å². The van der Waals surface area contributed by atoms with Gasteiger partial charge >= 0.3 is 0 Å². The molecule has 0 N–H and O–H groups in total. The Labute approximate surface area is 165 Å². The molecule has 0 bridgehead atoms. The molecule has 1 amide bonds. The molecule has 2 heterocycles. The number of hydrogen-bond donors (Lipinski definition) is 0. The zero-order valence-electron chi connectivity index (χ0n) is 15.8. The number of rotatable bonds is 6. The number of carbonyl (C=O) groups is 1. The van der Waals surface area contributed by atoms with Gasteiger partial charge in [-0.3, -0.25) is 4.79 Å². The number of amides is 1. The molecular formula is C18H28N4O3S2. The smallest absolute Gasteiger partial charge is 0.233 e. The summed E-state index contributed by atoms with van der Waals surface area (Å²) in [5, 5.41) is 9.24. The molecule has 4 rings (SSSR count). The number of thioether (sulfide) groups is 1. The van der Waals surface area contributed by atoms with Crippen molar-refractivity contribution in [3.8, 4) is 0 Å². The summed E-state index contributed by atoms with van der Waals surface area (Å²) < 4.78 is 26.1. The number of sulfone groups is 1. The van der Waals surface area contributed by atoms with E-state index in [4.69, 9.17) is 0 Å². The first-order chi connectivity index (χ1) is 12.9. The van der Waals surface area contributed by atoms with Crippen LogP contribution in [0.2, 0.25) is 0 Å². The zero-order valence-corrected chi connectivity index (χ0v) is 17.5. The van der Waals surface area contributed by atoms with E-state index in [0.717, 1.165) is 49.5 Å². The van der Waals surface area contributed by atoms with Gasteiger partial charge in [-0.2, -0.15) is 0 Å². The van der Waals surface area contributed by atoms with Gasteiger partial charge in [0, 0.05) is 18.1 Å². The topological polar surface area (TPSA) is 85.2 Å². The molecule has 150 valence electrons. The first-order valence-corrected chi connectivity index (χ1v) is 12.8. The van der Waals surface area contributed by atoms with Crippen molar-refractivity contribution in [2.24, 2.45) is 0 Å². The second-order valence-electron chi connectivity index (χ2n) is 8.07. The van der Waals surface area contributed by atoms with Crippen molar-refractivity contribution in [1.29, 1.82) is 0 Å². The number of aromatic nitrogens is 3. The quantitative estimate of drug-likeness (QED) is 0.667. The van der Waals surface area contributed by atoms with Gasteiger partial charge in [-0.25, -0.2) is 8.42 Å². The molecule has 27 heavy (non-hydrogen) atoms. The van der Waals surface area contributed by atoms with Crippen molar-refractivity contribution in [1.82, 2.24) is 19.7 Å². The maximum atomic E-state index is 13.2. The van der Waals surface area contributed by atoms with E-state index >= 15 is 0 Å². The van der Waals surface area contributed by atoms with Crippen LogP contribution in [-0.4, -0.2) is 63.3 Å². The summed E-state index contributed by atoms with van der Waals surface area (Å²) in [5.41, 5.74) is 0. The molecule has 2 aliphatic carbocycles. The molecule has 0 spiro atoms. The molecule has 3 aliphatic rings. The van der Waals surface area contributed by atoms with Crippen molar-refractivity contribution < 1.29 is 13.2 Å². The van der Waals surface area contributed by atoms with Crippen molar-refractivity contribution in [2.45, 2.75) is 81.6 Å². The van der Waals surface area contributed by atoms with Crippen LogP contribution in [0.15, 0.2) is 5.16 Å². The summed E-state index contributed by atoms with van der Waals surface area (Å²) in [7, 11) is -3.01. The standard InChI is InChI=1S/C18H28N4O3S2/c1-13-19-20-18(21(13)15-7-8-15)26-11-17(23)22(14-5-3-2-4-6-14)16-9-10-27(24,25)12-16/h14-16H,2-12H2,1H3/t16-/m0/s1. The van der Waals surface area contributed by atoms with Crippen LogP contribution in [0, 0.1) is 6.92 Å². The summed E-state index contributed by atoms with van der Waals surface area (Å²) in [6.07, 6.45) is 8.30. The van der Waals surface area contributed by atoms with E-state index in [1.165, 1.54) is 18.2 Å². The van der Waals surface area contributed by atoms with Crippen LogP contribution in [-0.2, 0) is 14.6 Å². The fourth-order valence-electron chi connectivity index (χ4n) is 4.46. The van der Waals surface area contributed by atoms with Gasteiger partial charge < -0.3 is 9.47 Å². The van der Waals surface area contributed by atoms with Crippen molar-refractivity contribution in [3.63, 3.8) is 0 Å². The highest BCUT2D eigenvalue weighted by atomic mass is 32.2. The van der Waals surface area contributed by atoms with Crippen LogP contribution in [0.25, 0.3) is 0 Å². The third-order valence-corrected chi connectivity index (χ3v) is 8.61. The van der Waals surface area contributed by atoms with E-state index in [0.29, 0.717) is 18.2 Å². The first-order valence-electron chi connectivity index (χ1n) is 10.0. The lowest BCUT2D eigenvalue weighted by atomic mass is 9.93. The SMILES string of the molecule is Cc1nnc(SCC(=O)N(C2CCCCC2)[C@H]2CCS(=O)(=O)C2)n1C1CC1. The van der Waals surface area contributed by atoms with E-state index in [1.54, 1.807) is 0 Å². The summed E-state index contributed by atoms with van der Waals surface area (Å²) in [5.74, 6) is 1.58. The third kappa shape index (κ3) is 4.34. The molecule has 0 aromatic carbocycles. The lowest BCUT2D eigenvalue weighted by Gasteiger charge is -2.38. The number of aryl methyl sites for hydroxylation is 1. The minimum absolute atomic E-state index is 0.0528. The summed E-state index contributed by atoms with van der Waals surface area (Å²) in [6.45, 7) is 1.95. The molecule has 0 radical (unpaired) electrons. The lowest BCUT2D eigenvalue weighted by Crippen LogP contribution is -2.49. The minimum atomic E-state index is -3.01. The molecule has 9 heteroatoms.